The Labute approximate surface area is 258 Å². The van der Waals surface area contributed by atoms with E-state index in [0.717, 1.165) is 0 Å². The maximum Gasteiger partial charge on any atom is 0.367 e. The van der Waals surface area contributed by atoms with Gasteiger partial charge in [0.2, 0.25) is 5.24 Å². The molecule has 0 aliphatic carbocycles. The lowest BCUT2D eigenvalue weighted by atomic mass is 10.4. The molecule has 0 aromatic rings. The van der Waals surface area contributed by atoms with Crippen LogP contribution in [0.1, 0.15) is 55.4 Å². The molecule has 0 fully saturated rings. The minimum atomic E-state index is -5.81. The van der Waals surface area contributed by atoms with E-state index in [0.29, 0.717) is 5.57 Å². The van der Waals surface area contributed by atoms with Gasteiger partial charge in [-0.2, -0.15) is 17.6 Å². The molecule has 0 heterocycles. The quantitative estimate of drug-likeness (QED) is 0.0806. The summed E-state index contributed by atoms with van der Waals surface area (Å²) in [5.74, 6) is -1.19. The number of quaternary nitrogens is 2. The molecule has 0 unspecified atom stereocenters. The zero-order valence-corrected chi connectivity index (χ0v) is 28.3. The number of esters is 1. The predicted octanol–water partition coefficient (Wildman–Crippen LogP) is 0.550. The fraction of sp³-hybridized carbons (Fsp3) is 0.750. The van der Waals surface area contributed by atoms with E-state index >= 15 is 0 Å². The van der Waals surface area contributed by atoms with E-state index in [2.05, 4.69) is 59.4 Å². The number of hydrogen-bond donors (Lipinski definition) is 3. The van der Waals surface area contributed by atoms with Crippen LogP contribution >= 0.6 is 11.6 Å². The Hall–Kier alpha value is -1.67. The van der Waals surface area contributed by atoms with Gasteiger partial charge in [-0.1, -0.05) is 13.2 Å². The fourth-order valence-corrected chi connectivity index (χ4v) is 2.29. The minimum absolute atomic E-state index is 0.177. The van der Waals surface area contributed by atoms with Gasteiger partial charge in [-0.25, -0.2) is 21.6 Å². The summed E-state index contributed by atoms with van der Waals surface area (Å²) in [7, 11) is -11.5. The van der Waals surface area contributed by atoms with Crippen LogP contribution in [0.3, 0.4) is 0 Å². The highest BCUT2D eigenvalue weighted by atomic mass is 35.5. The summed E-state index contributed by atoms with van der Waals surface area (Å²) < 4.78 is 110. The molecule has 0 aromatic carbocycles. The molecule has 0 aromatic heterocycles. The topological polar surface area (TPSA) is 187 Å². The first-order chi connectivity index (χ1) is 19.2. The van der Waals surface area contributed by atoms with E-state index in [4.69, 9.17) is 16.7 Å². The summed E-state index contributed by atoms with van der Waals surface area (Å²) in [5.41, 5.74) is 0.209. The highest BCUT2D eigenvalue weighted by Gasteiger charge is 2.39. The number of carbonyl (C=O) groups excluding carboxylic acids is 2. The van der Waals surface area contributed by atoms with Gasteiger partial charge in [0.15, 0.2) is 26.8 Å². The minimum Gasteiger partial charge on any atom is -0.743 e. The van der Waals surface area contributed by atoms with Gasteiger partial charge in [-0.05, 0) is 67.0 Å². The van der Waals surface area contributed by atoms with Gasteiger partial charge in [-0.3, -0.25) is 4.79 Å². The molecule has 0 atom stereocenters. The van der Waals surface area contributed by atoms with Crippen LogP contribution in [0.5, 0.6) is 0 Å². The zero-order valence-electron chi connectivity index (χ0n) is 25.9. The largest absolute Gasteiger partial charge is 0.743 e. The number of hydrogen-bond acceptors (Lipinski definition) is 10. The molecule has 12 nitrogen and oxygen atoms in total. The molecule has 19 heteroatoms. The maximum absolute atomic E-state index is 12.3. The molecule has 43 heavy (non-hydrogen) atoms. The summed E-state index contributed by atoms with van der Waals surface area (Å²) in [6, 6.07) is 0. The maximum atomic E-state index is 12.3. The molecule has 0 aliphatic heterocycles. The van der Waals surface area contributed by atoms with E-state index in [-0.39, 0.29) is 5.57 Å². The molecule has 0 amide bonds. The van der Waals surface area contributed by atoms with E-state index in [1.54, 1.807) is 16.7 Å². The van der Waals surface area contributed by atoms with Crippen molar-refractivity contribution in [3.05, 3.63) is 24.3 Å². The molecule has 0 bridgehead atoms. The van der Waals surface area contributed by atoms with Crippen molar-refractivity contribution in [1.29, 1.82) is 0 Å². The van der Waals surface area contributed by atoms with Crippen LogP contribution in [0, 0.1) is 0 Å². The van der Waals surface area contributed by atoms with Crippen molar-refractivity contribution >= 4 is 43.0 Å². The highest BCUT2D eigenvalue weighted by molar-refractivity contribution is 7.87. The van der Waals surface area contributed by atoms with E-state index in [1.807, 2.05) is 0 Å². The first-order valence-electron chi connectivity index (χ1n) is 12.8. The average Bonchev–Trinajstić information content (AvgIpc) is 2.89. The second-order valence-corrected chi connectivity index (χ2v) is 11.7. The molecule has 260 valence electrons. The molecule has 0 saturated heterocycles. The standard InChI is InChI=1S/C6H8F2O5S.2C6H15N.C4H5ClO.C2H4F2O4S/c1-4(2)5(9)13-3-6(7,8)14(10,11)12;2*1-4-7(5-2)6-3;1-3(2)4(5)6;3-2(4,1-5)9(6,7)8/h1,3H2,2H3,(H,10,11,12);2*4-6H2,1-3H3;1H2,2H3;5H,1H2,(H,6,7,8). The van der Waals surface area contributed by atoms with Crippen LogP contribution in [0.4, 0.5) is 17.6 Å². The molecule has 3 N–H and O–H groups in total. The van der Waals surface area contributed by atoms with Crippen molar-refractivity contribution in [3.63, 3.8) is 0 Å². The Morgan fingerprint density at radius 3 is 1.09 bits per heavy atom. The third-order valence-electron chi connectivity index (χ3n) is 4.97. The number of rotatable bonds is 13. The summed E-state index contributed by atoms with van der Waals surface area (Å²) >= 11 is 4.87. The second-order valence-electron chi connectivity index (χ2n) is 8.37. The van der Waals surface area contributed by atoms with Crippen molar-refractivity contribution < 1.29 is 72.7 Å². The van der Waals surface area contributed by atoms with Crippen molar-refractivity contribution in [2.45, 2.75) is 65.9 Å². The number of ether oxygens (including phenoxy) is 1. The Morgan fingerprint density at radius 2 is 1.00 bits per heavy atom. The molecule has 0 saturated carbocycles. The molecular formula is C24H47ClF4N2O10S2. The zero-order chi connectivity index (χ0) is 35.8. The van der Waals surface area contributed by atoms with Gasteiger partial charge in [-0.15, -0.1) is 0 Å². The van der Waals surface area contributed by atoms with Gasteiger partial charge in [0.05, 0.1) is 39.3 Å². The van der Waals surface area contributed by atoms with Crippen LogP contribution in [0.2, 0.25) is 0 Å². The molecule has 0 spiro atoms. The summed E-state index contributed by atoms with van der Waals surface area (Å²) in [6.07, 6.45) is 0. The van der Waals surface area contributed by atoms with Crippen LogP contribution in [0.15, 0.2) is 24.3 Å². The Kier molecular flexibility index (Phi) is 30.4. The number of carbonyl (C=O) groups is 2. The Balaban J connectivity index is -0.000000146. The lowest BCUT2D eigenvalue weighted by Crippen LogP contribution is -3.11. The third-order valence-corrected chi connectivity index (χ3v) is 7.00. The van der Waals surface area contributed by atoms with Crippen molar-refractivity contribution in [1.82, 2.24) is 0 Å². The lowest BCUT2D eigenvalue weighted by Gasteiger charge is -2.19. The second kappa shape index (κ2) is 25.6. The van der Waals surface area contributed by atoms with Crippen LogP contribution in [0.25, 0.3) is 0 Å². The normalized spacial score (nSPS) is 11.3. The van der Waals surface area contributed by atoms with Crippen molar-refractivity contribution in [2.75, 3.05) is 52.5 Å². The van der Waals surface area contributed by atoms with Gasteiger partial charge >= 0.3 is 16.5 Å². The Bertz CT molecular complexity index is 986. The van der Waals surface area contributed by atoms with Gasteiger partial charge in [0.1, 0.15) is 6.61 Å². The average molecular weight is 699 g/mol. The Morgan fingerprint density at radius 1 is 0.744 bits per heavy atom. The van der Waals surface area contributed by atoms with Crippen molar-refractivity contribution in [3.8, 4) is 0 Å². The number of aliphatic hydroxyl groups is 1. The lowest BCUT2D eigenvalue weighted by molar-refractivity contribution is -0.894. The molecular weight excluding hydrogens is 652 g/mol. The summed E-state index contributed by atoms with van der Waals surface area (Å²) in [6.45, 7) is 26.3. The van der Waals surface area contributed by atoms with E-state index in [1.165, 1.54) is 46.2 Å². The first-order valence-corrected chi connectivity index (χ1v) is 16.0. The molecule has 0 aliphatic rings. The van der Waals surface area contributed by atoms with Crippen LogP contribution < -0.4 is 9.80 Å². The van der Waals surface area contributed by atoms with Crippen LogP contribution in [-0.4, -0.2) is 105 Å². The number of allylic oxidation sites excluding steroid dienone is 1. The number of alkyl halides is 4. The fourth-order valence-electron chi connectivity index (χ4n) is 1.92. The summed E-state index contributed by atoms with van der Waals surface area (Å²) in [4.78, 5) is 23.7. The molecule has 0 rings (SSSR count). The summed E-state index contributed by atoms with van der Waals surface area (Å²) in [5, 5.41) is -2.02. The SMILES string of the molecule is C=C(C)C(=O)Cl.C=C(C)C(=O)OCC(F)(F)S(=O)(=O)[O-].CC[NH+](CC)CC.CC[NH+](CC)CC.O=S(=O)([O-])C(F)(F)CO. The van der Waals surface area contributed by atoms with Crippen LogP contribution in [-0.2, 0) is 34.6 Å². The van der Waals surface area contributed by atoms with Gasteiger partial charge in [0, 0.05) is 11.1 Å². The smallest absolute Gasteiger partial charge is 0.367 e. The number of nitrogens with one attached hydrogen (secondary N) is 2. The number of halogens is 5. The highest BCUT2D eigenvalue weighted by Crippen LogP contribution is 2.20. The number of aliphatic hydroxyl groups excluding tert-OH is 1. The molecule has 0 radical (unpaired) electrons. The van der Waals surface area contributed by atoms with E-state index < -0.39 is 55.2 Å². The first kappa shape index (κ1) is 50.9. The monoisotopic (exact) mass is 698 g/mol. The van der Waals surface area contributed by atoms with Gasteiger partial charge < -0.3 is 28.7 Å². The van der Waals surface area contributed by atoms with Crippen molar-refractivity contribution in [2.24, 2.45) is 0 Å². The predicted molar refractivity (Wildman–Crippen MR) is 153 cm³/mol. The van der Waals surface area contributed by atoms with Gasteiger partial charge in [0.25, 0.3) is 0 Å². The van der Waals surface area contributed by atoms with E-state index in [9.17, 15) is 53.1 Å². The third kappa shape index (κ3) is 28.8.